The van der Waals surface area contributed by atoms with Crippen molar-refractivity contribution in [3.63, 3.8) is 0 Å². The molecular weight excluding hydrogens is 1220 g/mol. The van der Waals surface area contributed by atoms with E-state index in [1.165, 1.54) is 38.1 Å². The Morgan fingerprint density at radius 2 is 1.02 bits per heavy atom. The van der Waals surface area contributed by atoms with Crippen molar-refractivity contribution in [2.24, 2.45) is 22.9 Å². The minimum absolute atomic E-state index is 0.0251. The number of aliphatic hydroxyl groups is 1. The SMILES string of the molecule is CC(=O)N[C@@H](CS)C(=O)N[C@@H](CS)C(=O)N[C@@H](CC(N)=O)C(=O)N1CCC[C@H]1C(=O)N[C@@H](C)C(=O)N[C@@H](CS)C(=O)NCC(=O)N[C@@H](CCCCN)C(=O)N[C@@H](CC(N)=O)C(=O)N[C@@H](Cc1ccc(O)cc1)C(=O)N[C@@H](CO)C(=O)N[C@@H](CS)C(N)=O. The van der Waals surface area contributed by atoms with Crippen molar-refractivity contribution in [1.29, 1.82) is 0 Å². The normalized spacial score (nSPS) is 16.1. The van der Waals surface area contributed by atoms with Gasteiger partial charge in [-0.1, -0.05) is 12.1 Å². The maximum Gasteiger partial charge on any atom is 0.246 e. The highest BCUT2D eigenvalue weighted by Gasteiger charge is 2.40. The van der Waals surface area contributed by atoms with Crippen molar-refractivity contribution < 1.29 is 82.1 Å². The topological polar surface area (TPSA) is 536 Å². The predicted molar refractivity (Wildman–Crippen MR) is 322 cm³/mol. The number of benzene rings is 1. The van der Waals surface area contributed by atoms with Crippen LogP contribution in [0.1, 0.15) is 64.4 Å². The number of primary amides is 3. The number of nitrogens with zero attached hydrogens (tertiary/aromatic N) is 1. The van der Waals surface area contributed by atoms with Gasteiger partial charge in [0, 0.05) is 42.9 Å². The summed E-state index contributed by atoms with van der Waals surface area (Å²) < 4.78 is 0. The molecule has 11 atom stereocenters. The van der Waals surface area contributed by atoms with E-state index in [1.807, 2.05) is 0 Å². The summed E-state index contributed by atoms with van der Waals surface area (Å²) in [6.45, 7) is 0.760. The molecule has 1 aliphatic heterocycles. The van der Waals surface area contributed by atoms with Crippen LogP contribution in [0.2, 0.25) is 0 Å². The molecule has 0 aliphatic carbocycles. The number of hydrogen-bond acceptors (Lipinski definition) is 22. The molecule has 1 heterocycles. The second kappa shape index (κ2) is 38.5. The average Bonchev–Trinajstić information content (AvgIpc) is 2.66. The van der Waals surface area contributed by atoms with Crippen LogP contribution < -0.4 is 81.4 Å². The first-order valence-corrected chi connectivity index (χ1v) is 29.5. The first-order chi connectivity index (χ1) is 41.0. The number of phenols is 1. The molecule has 1 fully saturated rings. The molecule has 484 valence electrons. The Bertz CT molecular complexity index is 2650. The molecule has 33 nitrogen and oxygen atoms in total. The van der Waals surface area contributed by atoms with E-state index in [1.54, 1.807) is 0 Å². The van der Waals surface area contributed by atoms with Gasteiger partial charge in [0.25, 0.3) is 0 Å². The zero-order valence-electron chi connectivity index (χ0n) is 47.5. The molecule has 0 saturated carbocycles. The van der Waals surface area contributed by atoms with Gasteiger partial charge in [-0.05, 0) is 63.3 Å². The second-order valence-corrected chi connectivity index (χ2v) is 21.2. The van der Waals surface area contributed by atoms with Crippen molar-refractivity contribution in [3.8, 4) is 5.75 Å². The fourth-order valence-corrected chi connectivity index (χ4v) is 9.27. The van der Waals surface area contributed by atoms with E-state index in [9.17, 15) is 82.1 Å². The number of likely N-dealkylation sites (tertiary alicyclic amines) is 1. The number of carbonyl (C=O) groups excluding carboxylic acids is 15. The van der Waals surface area contributed by atoms with Crippen molar-refractivity contribution >= 4 is 139 Å². The molecule has 0 aromatic heterocycles. The Morgan fingerprint density at radius 3 is 1.56 bits per heavy atom. The lowest BCUT2D eigenvalue weighted by Crippen LogP contribution is -2.60. The van der Waals surface area contributed by atoms with E-state index in [0.29, 0.717) is 12.0 Å². The maximum atomic E-state index is 13.9. The van der Waals surface area contributed by atoms with Crippen LogP contribution in [-0.2, 0) is 78.3 Å². The number of aromatic hydroxyl groups is 1. The van der Waals surface area contributed by atoms with Crippen molar-refractivity contribution in [1.82, 2.24) is 63.4 Å². The van der Waals surface area contributed by atoms with Crippen LogP contribution in [0, 0.1) is 0 Å². The summed E-state index contributed by atoms with van der Waals surface area (Å²) in [5, 5.41) is 45.7. The Morgan fingerprint density at radius 1 is 0.563 bits per heavy atom. The molecule has 37 heteroatoms. The monoisotopic (exact) mass is 1300 g/mol. The molecule has 2 rings (SSSR count). The maximum absolute atomic E-state index is 13.9. The molecule has 0 unspecified atom stereocenters. The van der Waals surface area contributed by atoms with Gasteiger partial charge < -0.3 is 96.5 Å². The number of nitrogens with one attached hydrogen (secondary N) is 11. The zero-order chi connectivity index (χ0) is 65.7. The average molecular weight is 1300 g/mol. The Balaban J connectivity index is 2.19. The summed E-state index contributed by atoms with van der Waals surface area (Å²) >= 11 is 16.2. The molecule has 1 aliphatic rings. The summed E-state index contributed by atoms with van der Waals surface area (Å²) in [7, 11) is 0. The van der Waals surface area contributed by atoms with Crippen LogP contribution in [0.5, 0.6) is 5.75 Å². The van der Waals surface area contributed by atoms with Gasteiger partial charge in [-0.15, -0.1) is 0 Å². The second-order valence-electron chi connectivity index (χ2n) is 19.8. The fourth-order valence-electron chi connectivity index (χ4n) is 8.22. The van der Waals surface area contributed by atoms with Gasteiger partial charge in [0.05, 0.1) is 26.0 Å². The third kappa shape index (κ3) is 26.1. The first kappa shape index (κ1) is 75.5. The number of phenolic OH excluding ortho intramolecular Hbond substituents is 1. The highest BCUT2D eigenvalue weighted by Crippen LogP contribution is 2.20. The number of thiol groups is 4. The van der Waals surface area contributed by atoms with Crippen LogP contribution in [0.3, 0.4) is 0 Å². The third-order valence-electron chi connectivity index (χ3n) is 12.8. The number of rotatable bonds is 38. The van der Waals surface area contributed by atoms with Gasteiger partial charge in [0.15, 0.2) is 0 Å². The summed E-state index contributed by atoms with van der Waals surface area (Å²) in [6, 6.07) is -10.7. The summed E-state index contributed by atoms with van der Waals surface area (Å²) in [4.78, 5) is 197. The van der Waals surface area contributed by atoms with E-state index in [4.69, 9.17) is 22.9 Å². The highest BCUT2D eigenvalue weighted by molar-refractivity contribution is 7.80. The molecule has 87 heavy (non-hydrogen) atoms. The molecule has 21 N–H and O–H groups in total. The summed E-state index contributed by atoms with van der Waals surface area (Å²) in [5.41, 5.74) is 22.1. The summed E-state index contributed by atoms with van der Waals surface area (Å²) in [6.07, 6.45) is -1.09. The molecule has 15 amide bonds. The molecule has 0 bridgehead atoms. The number of carbonyl (C=O) groups is 15. The zero-order valence-corrected chi connectivity index (χ0v) is 51.1. The van der Waals surface area contributed by atoms with Gasteiger partial charge in [0.2, 0.25) is 88.6 Å². The minimum atomic E-state index is -1.81. The largest absolute Gasteiger partial charge is 0.508 e. The van der Waals surface area contributed by atoms with Crippen LogP contribution in [0.4, 0.5) is 0 Å². The van der Waals surface area contributed by atoms with E-state index in [2.05, 4.69) is 109 Å². The number of unbranched alkanes of at least 4 members (excludes halogenated alkanes) is 1. The fraction of sp³-hybridized carbons (Fsp3) is 0.580. The van der Waals surface area contributed by atoms with E-state index in [-0.39, 0.29) is 74.0 Å². The molecule has 0 radical (unpaired) electrons. The van der Waals surface area contributed by atoms with E-state index in [0.717, 1.165) is 4.90 Å². The number of aliphatic hydroxyl groups excluding tert-OH is 1. The first-order valence-electron chi connectivity index (χ1n) is 27.0. The lowest BCUT2D eigenvalue weighted by molar-refractivity contribution is -0.143. The molecule has 1 aromatic rings. The van der Waals surface area contributed by atoms with Crippen molar-refractivity contribution in [3.05, 3.63) is 29.8 Å². The van der Waals surface area contributed by atoms with Crippen LogP contribution >= 0.6 is 50.5 Å². The van der Waals surface area contributed by atoms with Gasteiger partial charge in [0.1, 0.15) is 72.2 Å². The Kier molecular flexibility index (Phi) is 33.4. The smallest absolute Gasteiger partial charge is 0.246 e. The third-order valence-corrected chi connectivity index (χ3v) is 14.3. The summed E-state index contributed by atoms with van der Waals surface area (Å²) in [5.74, 6) is -15.4. The van der Waals surface area contributed by atoms with Crippen LogP contribution in [0.15, 0.2) is 24.3 Å². The number of amides is 15. The molecular formula is C50H78N16O17S4. The van der Waals surface area contributed by atoms with Gasteiger partial charge in [-0.3, -0.25) is 71.9 Å². The lowest BCUT2D eigenvalue weighted by Gasteiger charge is -2.30. The number of nitrogens with two attached hydrogens (primary N) is 4. The molecule has 0 spiro atoms. The Hall–Kier alpha value is -7.61. The van der Waals surface area contributed by atoms with Gasteiger partial charge in [-0.2, -0.15) is 50.5 Å². The standard InChI is InChI=1S/C50H78N16O17S4/c1-23(56-49(82)36-7-5-13-66(36)50(83)30(16-38(53)71)61-48(81)35(22-87)65-47(80)34(21-86)57-24(2)68)41(74)64-33(20-85)42(75)55-17-39(72)58-27(6-3-4-12-51)43(76)60-29(15-37(52)70)45(78)59-28(14-25-8-10-26(69)11-9-25)44(77)62-31(18-67)46(79)63-32(19-84)40(54)73/h8-11,23,27-36,67,69,84-87H,3-7,12-22,51H2,1-2H3,(H2,52,70)(H2,53,71)(H2,54,73)(H,55,75)(H,56,82)(H,57,68)(H,58,72)(H,59,78)(H,60,76)(H,61,81)(H,62,77)(H,63,79)(H,64,74)(H,65,80)/t23-,27-,28-,29-,30-,31-,32-,33-,34-,35-,36-/m0/s1. The van der Waals surface area contributed by atoms with E-state index < -0.39 is 181 Å². The van der Waals surface area contributed by atoms with E-state index >= 15 is 0 Å². The van der Waals surface area contributed by atoms with Crippen LogP contribution in [0.25, 0.3) is 0 Å². The minimum Gasteiger partial charge on any atom is -0.508 e. The number of hydrogen-bond donors (Lipinski definition) is 21. The molecule has 1 aromatic carbocycles. The quantitative estimate of drug-likeness (QED) is 0.0216. The van der Waals surface area contributed by atoms with Crippen molar-refractivity contribution in [2.75, 3.05) is 49.3 Å². The Labute approximate surface area is 521 Å². The van der Waals surface area contributed by atoms with Gasteiger partial charge in [-0.25, -0.2) is 0 Å². The van der Waals surface area contributed by atoms with Crippen LogP contribution in [-0.4, -0.2) is 219 Å². The molecule has 1 saturated heterocycles. The highest BCUT2D eigenvalue weighted by atomic mass is 32.1. The van der Waals surface area contributed by atoms with Gasteiger partial charge >= 0.3 is 0 Å². The lowest BCUT2D eigenvalue weighted by atomic mass is 10.0. The van der Waals surface area contributed by atoms with Crippen molar-refractivity contribution in [2.45, 2.75) is 132 Å². The predicted octanol–water partition coefficient (Wildman–Crippen LogP) is -8.99.